The van der Waals surface area contributed by atoms with E-state index in [0.717, 1.165) is 6.92 Å². The second-order valence-electron chi connectivity index (χ2n) is 3.60. The van der Waals surface area contributed by atoms with Gasteiger partial charge in [-0.25, -0.2) is 4.79 Å². The molecule has 0 aliphatic rings. The molecule has 0 aromatic carbocycles. The molecule has 0 aliphatic heterocycles. The molecule has 1 aromatic heterocycles. The number of amides is 1. The van der Waals surface area contributed by atoms with E-state index in [1.165, 1.54) is 16.9 Å². The number of nitrogens with zero attached hydrogens (tertiary/aromatic N) is 2. The highest BCUT2D eigenvalue weighted by atomic mass is 16.4. The summed E-state index contributed by atoms with van der Waals surface area (Å²) in [5, 5.41) is 24.1. The first-order valence-electron chi connectivity index (χ1n) is 4.56. The molecule has 0 aliphatic carbocycles. The number of carboxylic acids is 1. The Morgan fingerprint density at radius 3 is 2.69 bits per heavy atom. The predicted octanol–water partition coefficient (Wildman–Crippen LogP) is -1.01. The van der Waals surface area contributed by atoms with E-state index >= 15 is 0 Å². The van der Waals surface area contributed by atoms with Gasteiger partial charge in [-0.1, -0.05) is 0 Å². The zero-order chi connectivity index (χ0) is 12.3. The molecular formula is C9H13N3O4. The molecule has 0 saturated carbocycles. The molecule has 1 aromatic rings. The van der Waals surface area contributed by atoms with Gasteiger partial charge in [0.1, 0.15) is 5.69 Å². The standard InChI is InChI=1S/C9H13N3O4/c1-9(16,8(14)15)5-10-7(13)6-3-4-11-12(6)2/h3-4,16H,5H2,1-2H3,(H,10,13)(H,14,15). The summed E-state index contributed by atoms with van der Waals surface area (Å²) in [6.07, 6.45) is 1.45. The monoisotopic (exact) mass is 227 g/mol. The molecule has 0 radical (unpaired) electrons. The van der Waals surface area contributed by atoms with E-state index in [0.29, 0.717) is 5.69 Å². The number of aryl methyl sites for hydroxylation is 1. The van der Waals surface area contributed by atoms with Crippen LogP contribution >= 0.6 is 0 Å². The molecule has 0 spiro atoms. The number of nitrogens with one attached hydrogen (secondary N) is 1. The van der Waals surface area contributed by atoms with E-state index in [9.17, 15) is 14.7 Å². The second kappa shape index (κ2) is 4.31. The van der Waals surface area contributed by atoms with E-state index < -0.39 is 17.5 Å². The lowest BCUT2D eigenvalue weighted by Gasteiger charge is -2.18. The maximum Gasteiger partial charge on any atom is 0.337 e. The molecule has 1 rings (SSSR count). The minimum Gasteiger partial charge on any atom is -0.479 e. The summed E-state index contributed by atoms with van der Waals surface area (Å²) >= 11 is 0. The Hall–Kier alpha value is -1.89. The molecule has 1 heterocycles. The van der Waals surface area contributed by atoms with Crippen LogP contribution in [0.25, 0.3) is 0 Å². The third-order valence-electron chi connectivity index (χ3n) is 2.11. The highest BCUT2D eigenvalue weighted by Crippen LogP contribution is 2.02. The van der Waals surface area contributed by atoms with Crippen LogP contribution in [0.5, 0.6) is 0 Å². The Bertz CT molecular complexity index is 411. The van der Waals surface area contributed by atoms with Crippen LogP contribution in [-0.4, -0.2) is 44.0 Å². The van der Waals surface area contributed by atoms with Gasteiger partial charge in [-0.2, -0.15) is 5.10 Å². The van der Waals surface area contributed by atoms with Crippen LogP contribution in [-0.2, 0) is 11.8 Å². The highest BCUT2D eigenvalue weighted by Gasteiger charge is 2.30. The van der Waals surface area contributed by atoms with Gasteiger partial charge in [0.25, 0.3) is 5.91 Å². The topological polar surface area (TPSA) is 104 Å². The van der Waals surface area contributed by atoms with Crippen molar-refractivity contribution in [3.8, 4) is 0 Å². The molecule has 0 saturated heterocycles. The van der Waals surface area contributed by atoms with Crippen molar-refractivity contribution < 1.29 is 19.8 Å². The molecule has 3 N–H and O–H groups in total. The van der Waals surface area contributed by atoms with Crippen molar-refractivity contribution in [3.63, 3.8) is 0 Å². The number of carbonyl (C=O) groups is 2. The third-order valence-corrected chi connectivity index (χ3v) is 2.11. The van der Waals surface area contributed by atoms with Gasteiger partial charge >= 0.3 is 5.97 Å². The van der Waals surface area contributed by atoms with E-state index in [2.05, 4.69) is 10.4 Å². The van der Waals surface area contributed by atoms with Crippen molar-refractivity contribution in [2.75, 3.05) is 6.54 Å². The minimum atomic E-state index is -1.98. The summed E-state index contributed by atoms with van der Waals surface area (Å²) in [4.78, 5) is 22.1. The molecule has 1 unspecified atom stereocenters. The Morgan fingerprint density at radius 1 is 1.62 bits per heavy atom. The number of hydrogen-bond acceptors (Lipinski definition) is 4. The van der Waals surface area contributed by atoms with Gasteiger partial charge in [0.2, 0.25) is 0 Å². The second-order valence-corrected chi connectivity index (χ2v) is 3.60. The zero-order valence-corrected chi connectivity index (χ0v) is 8.97. The van der Waals surface area contributed by atoms with Crippen LogP contribution in [0, 0.1) is 0 Å². The van der Waals surface area contributed by atoms with E-state index in [1.54, 1.807) is 7.05 Å². The van der Waals surface area contributed by atoms with Gasteiger partial charge in [-0.05, 0) is 13.0 Å². The molecule has 0 bridgehead atoms. The van der Waals surface area contributed by atoms with Crippen LogP contribution in [0.2, 0.25) is 0 Å². The summed E-state index contributed by atoms with van der Waals surface area (Å²) in [5.74, 6) is -1.88. The van der Waals surface area contributed by atoms with Crippen LogP contribution in [0.4, 0.5) is 0 Å². The number of aromatic nitrogens is 2. The largest absolute Gasteiger partial charge is 0.479 e. The van der Waals surface area contributed by atoms with E-state index in [1.807, 2.05) is 0 Å². The van der Waals surface area contributed by atoms with Gasteiger partial charge in [-0.3, -0.25) is 9.48 Å². The smallest absolute Gasteiger partial charge is 0.337 e. The minimum absolute atomic E-state index is 0.293. The van der Waals surface area contributed by atoms with Crippen molar-refractivity contribution in [1.82, 2.24) is 15.1 Å². The highest BCUT2D eigenvalue weighted by molar-refractivity contribution is 5.93. The average molecular weight is 227 g/mol. The van der Waals surface area contributed by atoms with E-state index in [4.69, 9.17) is 5.11 Å². The van der Waals surface area contributed by atoms with Crippen LogP contribution in [0.1, 0.15) is 17.4 Å². The lowest BCUT2D eigenvalue weighted by atomic mass is 10.1. The Kier molecular flexibility index (Phi) is 3.28. The molecule has 7 nitrogen and oxygen atoms in total. The molecule has 1 amide bonds. The van der Waals surface area contributed by atoms with Crippen LogP contribution < -0.4 is 5.32 Å². The first-order valence-corrected chi connectivity index (χ1v) is 4.56. The number of aliphatic hydroxyl groups is 1. The molecule has 1 atom stereocenters. The Morgan fingerprint density at radius 2 is 2.25 bits per heavy atom. The van der Waals surface area contributed by atoms with Gasteiger partial charge in [-0.15, -0.1) is 0 Å². The SMILES string of the molecule is Cn1nccc1C(=O)NCC(C)(O)C(=O)O. The van der Waals surface area contributed by atoms with Gasteiger partial charge in [0.15, 0.2) is 5.60 Å². The zero-order valence-electron chi connectivity index (χ0n) is 8.97. The molecule has 7 heteroatoms. The third kappa shape index (κ3) is 2.57. The molecule has 0 fully saturated rings. The van der Waals surface area contributed by atoms with Crippen molar-refractivity contribution >= 4 is 11.9 Å². The number of aliphatic carboxylic acids is 1. The first kappa shape index (κ1) is 12.2. The number of carboxylic acid groups (broad SMARTS) is 1. The lowest BCUT2D eigenvalue weighted by Crippen LogP contribution is -2.46. The fraction of sp³-hybridized carbons (Fsp3) is 0.444. The number of rotatable bonds is 4. The normalized spacial score (nSPS) is 14.2. The van der Waals surface area contributed by atoms with E-state index in [-0.39, 0.29) is 6.54 Å². The molecule has 88 valence electrons. The van der Waals surface area contributed by atoms with Gasteiger partial charge in [0.05, 0.1) is 6.54 Å². The molecular weight excluding hydrogens is 214 g/mol. The maximum atomic E-state index is 11.5. The van der Waals surface area contributed by atoms with Crippen molar-refractivity contribution in [3.05, 3.63) is 18.0 Å². The summed E-state index contributed by atoms with van der Waals surface area (Å²) in [7, 11) is 1.59. The van der Waals surface area contributed by atoms with Crippen LogP contribution in [0.3, 0.4) is 0 Å². The lowest BCUT2D eigenvalue weighted by molar-refractivity contribution is -0.155. The quantitative estimate of drug-likeness (QED) is 0.611. The maximum absolute atomic E-state index is 11.5. The van der Waals surface area contributed by atoms with Crippen molar-refractivity contribution in [1.29, 1.82) is 0 Å². The first-order chi connectivity index (χ1) is 7.34. The van der Waals surface area contributed by atoms with Crippen molar-refractivity contribution in [2.45, 2.75) is 12.5 Å². The fourth-order valence-corrected chi connectivity index (χ4v) is 1.02. The Balaban J connectivity index is 2.61. The predicted molar refractivity (Wildman–Crippen MR) is 53.8 cm³/mol. The Labute approximate surface area is 91.7 Å². The summed E-state index contributed by atoms with van der Waals surface area (Å²) in [5.41, 5.74) is -1.69. The van der Waals surface area contributed by atoms with Gasteiger partial charge < -0.3 is 15.5 Å². The average Bonchev–Trinajstić information content (AvgIpc) is 2.61. The number of hydrogen-bond donors (Lipinski definition) is 3. The summed E-state index contributed by atoms with van der Waals surface area (Å²) < 4.78 is 1.35. The van der Waals surface area contributed by atoms with Gasteiger partial charge in [0, 0.05) is 13.2 Å². The fourth-order valence-electron chi connectivity index (χ4n) is 1.02. The summed E-state index contributed by atoms with van der Waals surface area (Å²) in [6, 6.07) is 1.49. The summed E-state index contributed by atoms with van der Waals surface area (Å²) in [6.45, 7) is 0.741. The number of carbonyl (C=O) groups excluding carboxylic acids is 1. The van der Waals surface area contributed by atoms with Crippen LogP contribution in [0.15, 0.2) is 12.3 Å². The molecule has 16 heavy (non-hydrogen) atoms. The van der Waals surface area contributed by atoms with Crippen molar-refractivity contribution in [2.24, 2.45) is 7.05 Å².